The van der Waals surface area contributed by atoms with Crippen molar-refractivity contribution in [3.63, 3.8) is 0 Å². The number of alkyl halides is 3. The van der Waals surface area contributed by atoms with E-state index in [1.807, 2.05) is 0 Å². The number of aromatic nitrogens is 1. The van der Waals surface area contributed by atoms with E-state index >= 15 is 0 Å². The van der Waals surface area contributed by atoms with Crippen molar-refractivity contribution in [2.75, 3.05) is 7.11 Å². The Morgan fingerprint density at radius 1 is 1.09 bits per heavy atom. The van der Waals surface area contributed by atoms with E-state index in [4.69, 9.17) is 21.4 Å². The lowest BCUT2D eigenvalue weighted by Crippen LogP contribution is -2.46. The van der Waals surface area contributed by atoms with Crippen LogP contribution in [0, 0.1) is 0 Å². The molecule has 0 amide bonds. The van der Waals surface area contributed by atoms with Gasteiger partial charge in [-0.1, -0.05) is 36.7 Å². The number of nitrogens with zero attached hydrogens (tertiary/aromatic N) is 1. The Kier molecular flexibility index (Phi) is 6.48. The van der Waals surface area contributed by atoms with Gasteiger partial charge in [0, 0.05) is 22.7 Å². The lowest BCUT2D eigenvalue weighted by atomic mass is 9.77. The van der Waals surface area contributed by atoms with E-state index in [1.165, 1.54) is 56.5 Å². The quantitative estimate of drug-likeness (QED) is 0.491. The van der Waals surface area contributed by atoms with E-state index in [0.29, 0.717) is 11.3 Å². The van der Waals surface area contributed by atoms with Gasteiger partial charge in [0.25, 0.3) is 0 Å². The minimum absolute atomic E-state index is 0.0260. The van der Waals surface area contributed by atoms with Crippen molar-refractivity contribution in [3.8, 4) is 17.0 Å². The summed E-state index contributed by atoms with van der Waals surface area (Å²) >= 11 is 6.20. The first kappa shape index (κ1) is 23.6. The lowest BCUT2D eigenvalue weighted by molar-refractivity contribution is -0.274. The zero-order valence-electron chi connectivity index (χ0n) is 17.0. The molecule has 9 heteroatoms. The molecule has 0 spiro atoms. The van der Waals surface area contributed by atoms with Crippen LogP contribution in [0.15, 0.2) is 60.8 Å². The van der Waals surface area contributed by atoms with E-state index in [1.54, 1.807) is 0 Å². The zero-order valence-corrected chi connectivity index (χ0v) is 17.8. The number of ether oxygens (including phenoxy) is 1. The number of aliphatic hydroxyl groups is 1. The fourth-order valence-corrected chi connectivity index (χ4v) is 3.81. The van der Waals surface area contributed by atoms with Crippen LogP contribution in [0.2, 0.25) is 5.02 Å². The van der Waals surface area contributed by atoms with E-state index in [9.17, 15) is 23.1 Å². The van der Waals surface area contributed by atoms with Crippen LogP contribution < -0.4 is 4.74 Å². The molecule has 0 aliphatic carbocycles. The largest absolute Gasteiger partial charge is 0.497 e. The smallest absolute Gasteiger partial charge is 0.422 e. The van der Waals surface area contributed by atoms with E-state index in [2.05, 4.69) is 4.98 Å². The number of hydrogen-bond acceptors (Lipinski definition) is 4. The predicted molar refractivity (Wildman–Crippen MR) is 113 cm³/mol. The molecule has 3 rings (SSSR count). The standard InChI is InChI=1S/C23H19ClF3NO4/c1-13(18-8-7-17(32-2)12-19(18)24)22(31,23(25,26)27)16-9-10-28-20(11-16)14-3-5-15(6-4-14)21(29)30/h3-13,31H,1-2H3,(H,29,30). The highest BCUT2D eigenvalue weighted by molar-refractivity contribution is 6.31. The summed E-state index contributed by atoms with van der Waals surface area (Å²) in [7, 11) is 1.41. The minimum atomic E-state index is -5.04. The molecule has 2 aromatic carbocycles. The Bertz CT molecular complexity index is 1130. The molecule has 3 aromatic rings. The Morgan fingerprint density at radius 3 is 2.28 bits per heavy atom. The van der Waals surface area contributed by atoms with Crippen molar-refractivity contribution >= 4 is 17.6 Å². The topological polar surface area (TPSA) is 79.7 Å². The summed E-state index contributed by atoms with van der Waals surface area (Å²) < 4.78 is 47.9. The Morgan fingerprint density at radius 2 is 1.75 bits per heavy atom. The number of pyridine rings is 1. The highest BCUT2D eigenvalue weighted by atomic mass is 35.5. The number of carboxylic acids is 1. The van der Waals surface area contributed by atoms with E-state index < -0.39 is 29.2 Å². The van der Waals surface area contributed by atoms with Crippen molar-refractivity contribution in [2.45, 2.75) is 24.6 Å². The summed E-state index contributed by atoms with van der Waals surface area (Å²) in [5, 5.41) is 20.1. The summed E-state index contributed by atoms with van der Waals surface area (Å²) in [5.41, 5.74) is -3.02. The van der Waals surface area contributed by atoms with Crippen LogP contribution in [0.5, 0.6) is 5.75 Å². The maximum atomic E-state index is 14.3. The van der Waals surface area contributed by atoms with Gasteiger partial charge in [0.05, 0.1) is 18.4 Å². The van der Waals surface area contributed by atoms with Crippen molar-refractivity contribution in [1.29, 1.82) is 0 Å². The van der Waals surface area contributed by atoms with Crippen LogP contribution in [0.4, 0.5) is 13.2 Å². The third-order valence-corrected chi connectivity index (χ3v) is 5.69. The molecule has 0 radical (unpaired) electrons. The highest BCUT2D eigenvalue weighted by Crippen LogP contribution is 2.50. The van der Waals surface area contributed by atoms with Gasteiger partial charge in [-0.15, -0.1) is 0 Å². The number of halogens is 4. The van der Waals surface area contributed by atoms with E-state index in [0.717, 1.165) is 18.3 Å². The molecule has 0 fully saturated rings. The number of hydrogen-bond donors (Lipinski definition) is 2. The Hall–Kier alpha value is -3.10. The van der Waals surface area contributed by atoms with Gasteiger partial charge in [0.1, 0.15) is 5.75 Å². The van der Waals surface area contributed by atoms with E-state index in [-0.39, 0.29) is 21.8 Å². The van der Waals surface area contributed by atoms with Crippen molar-refractivity contribution in [1.82, 2.24) is 4.98 Å². The van der Waals surface area contributed by atoms with Gasteiger partial charge in [0.2, 0.25) is 0 Å². The monoisotopic (exact) mass is 465 g/mol. The third-order valence-electron chi connectivity index (χ3n) is 5.36. The van der Waals surface area contributed by atoms with Crippen molar-refractivity contribution in [2.24, 2.45) is 0 Å². The number of benzene rings is 2. The number of carbonyl (C=O) groups is 1. The Labute approximate surface area is 187 Å². The Balaban J connectivity index is 2.10. The molecular formula is C23H19ClF3NO4. The SMILES string of the molecule is COc1ccc(C(C)C(O)(c2ccnc(-c3ccc(C(=O)O)cc3)c2)C(F)(F)F)c(Cl)c1. The number of rotatable bonds is 6. The molecule has 0 aliphatic rings. The van der Waals surface area contributed by atoms with Gasteiger partial charge in [-0.3, -0.25) is 4.98 Å². The summed E-state index contributed by atoms with van der Waals surface area (Å²) in [6, 6.07) is 12.0. The van der Waals surface area contributed by atoms with Gasteiger partial charge < -0.3 is 14.9 Å². The first-order valence-electron chi connectivity index (χ1n) is 9.41. The summed E-state index contributed by atoms with van der Waals surface area (Å²) in [4.78, 5) is 15.1. The molecule has 1 aromatic heterocycles. The highest BCUT2D eigenvalue weighted by Gasteiger charge is 2.59. The van der Waals surface area contributed by atoms with Crippen molar-refractivity contribution < 1.29 is 32.9 Å². The molecule has 2 N–H and O–H groups in total. The number of carboxylic acid groups (broad SMARTS) is 1. The second-order valence-corrected chi connectivity index (χ2v) is 7.59. The van der Waals surface area contributed by atoms with Gasteiger partial charge in [0.15, 0.2) is 5.60 Å². The second-order valence-electron chi connectivity index (χ2n) is 7.19. The second kappa shape index (κ2) is 8.80. The first-order chi connectivity index (χ1) is 15.0. The molecule has 32 heavy (non-hydrogen) atoms. The average Bonchev–Trinajstić information content (AvgIpc) is 2.77. The van der Waals surface area contributed by atoms with Gasteiger partial charge in [-0.25, -0.2) is 4.79 Å². The molecule has 5 nitrogen and oxygen atoms in total. The molecule has 2 unspecified atom stereocenters. The van der Waals surface area contributed by atoms with Crippen molar-refractivity contribution in [3.05, 3.63) is 82.5 Å². The molecule has 0 saturated carbocycles. The number of methoxy groups -OCH3 is 1. The first-order valence-corrected chi connectivity index (χ1v) is 9.79. The van der Waals surface area contributed by atoms with Crippen LogP contribution >= 0.6 is 11.6 Å². The molecule has 1 heterocycles. The molecule has 0 bridgehead atoms. The lowest BCUT2D eigenvalue weighted by Gasteiger charge is -2.37. The van der Waals surface area contributed by atoms with Gasteiger partial charge >= 0.3 is 12.1 Å². The van der Waals surface area contributed by atoms with Gasteiger partial charge in [-0.2, -0.15) is 13.2 Å². The number of aromatic carboxylic acids is 1. The van der Waals surface area contributed by atoms with Crippen LogP contribution in [-0.4, -0.2) is 34.5 Å². The minimum Gasteiger partial charge on any atom is -0.497 e. The molecule has 0 aliphatic heterocycles. The van der Waals surface area contributed by atoms with Crippen LogP contribution in [0.1, 0.15) is 34.3 Å². The summed E-state index contributed by atoms with van der Waals surface area (Å²) in [5.74, 6) is -2.22. The fourth-order valence-electron chi connectivity index (χ4n) is 3.48. The average molecular weight is 466 g/mol. The van der Waals surface area contributed by atoms with Crippen LogP contribution in [0.25, 0.3) is 11.3 Å². The molecule has 0 saturated heterocycles. The molecule has 168 valence electrons. The maximum Gasteiger partial charge on any atom is 0.422 e. The zero-order chi connectivity index (χ0) is 23.7. The molecular weight excluding hydrogens is 447 g/mol. The summed E-state index contributed by atoms with van der Waals surface area (Å²) in [6.07, 6.45) is -3.88. The van der Waals surface area contributed by atoms with Gasteiger partial charge in [-0.05, 0) is 47.5 Å². The molecule has 2 atom stereocenters. The third kappa shape index (κ3) is 4.28. The van der Waals surface area contributed by atoms with Crippen LogP contribution in [0.3, 0.4) is 0 Å². The normalized spacial score (nSPS) is 14.5. The predicted octanol–water partition coefficient (Wildman–Crippen LogP) is 5.66. The summed E-state index contributed by atoms with van der Waals surface area (Å²) in [6.45, 7) is 1.24. The maximum absolute atomic E-state index is 14.3. The fraction of sp³-hybridized carbons (Fsp3) is 0.217. The van der Waals surface area contributed by atoms with Crippen LogP contribution in [-0.2, 0) is 5.60 Å².